The maximum absolute atomic E-state index is 12.6. The van der Waals surface area contributed by atoms with Gasteiger partial charge >= 0.3 is 11.9 Å². The Balaban J connectivity index is 1.64. The lowest BCUT2D eigenvalue weighted by molar-refractivity contribution is -0.144. The highest BCUT2D eigenvalue weighted by molar-refractivity contribution is 5.97. The van der Waals surface area contributed by atoms with Gasteiger partial charge in [0.1, 0.15) is 6.04 Å². The second kappa shape index (κ2) is 11.2. The Kier molecular flexibility index (Phi) is 8.08. The molecule has 15 nitrogen and oxygen atoms in total. The fourth-order valence-electron chi connectivity index (χ4n) is 3.33. The fourth-order valence-corrected chi connectivity index (χ4v) is 3.33. The number of carbonyl (C=O) groups excluding carboxylic acids is 1. The first-order chi connectivity index (χ1) is 17.1. The highest BCUT2D eigenvalue weighted by atomic mass is 16.4. The van der Waals surface area contributed by atoms with Gasteiger partial charge in [0.15, 0.2) is 11.2 Å². The van der Waals surface area contributed by atoms with Crippen molar-refractivity contribution in [3.63, 3.8) is 0 Å². The standard InChI is InChI=1S/C21H25N9O6/c22-6-13(23)12(19(33)34)5-14(20(35)36)28-17(31)9-1-3-10(4-2-9)25-7-11-8-26-16-15(27-11)18(32)30-21(24)29-16/h1-4,8,12-14,25H,5-7,22-23H2,(H,28,31)(H,33,34)(H,35,36)(H3,24,26,29,30,32). The number of nitrogens with two attached hydrogens (primary N) is 3. The predicted octanol–water partition coefficient (Wildman–Crippen LogP) is -1.53. The van der Waals surface area contributed by atoms with E-state index in [1.165, 1.54) is 18.3 Å². The van der Waals surface area contributed by atoms with Crippen molar-refractivity contribution in [1.29, 1.82) is 0 Å². The normalized spacial score (nSPS) is 13.5. The van der Waals surface area contributed by atoms with Crippen molar-refractivity contribution < 1.29 is 24.6 Å². The predicted molar refractivity (Wildman–Crippen MR) is 128 cm³/mol. The van der Waals surface area contributed by atoms with Gasteiger partial charge in [-0.15, -0.1) is 0 Å². The van der Waals surface area contributed by atoms with Crippen LogP contribution in [0.3, 0.4) is 0 Å². The highest BCUT2D eigenvalue weighted by Crippen LogP contribution is 2.14. The van der Waals surface area contributed by atoms with E-state index in [0.29, 0.717) is 11.4 Å². The molecule has 3 rings (SSSR count). The second-order valence-electron chi connectivity index (χ2n) is 7.86. The number of nitrogens with one attached hydrogen (secondary N) is 3. The number of carbonyl (C=O) groups is 3. The molecule has 36 heavy (non-hydrogen) atoms. The van der Waals surface area contributed by atoms with Crippen LogP contribution in [0.15, 0.2) is 35.3 Å². The Hall–Kier alpha value is -4.63. The van der Waals surface area contributed by atoms with Crippen molar-refractivity contribution in [3.05, 3.63) is 52.1 Å². The Morgan fingerprint density at radius 3 is 2.39 bits per heavy atom. The average molecular weight is 499 g/mol. The summed E-state index contributed by atoms with van der Waals surface area (Å²) in [4.78, 5) is 62.1. The van der Waals surface area contributed by atoms with Gasteiger partial charge in [0.05, 0.1) is 24.4 Å². The van der Waals surface area contributed by atoms with Gasteiger partial charge in [-0.05, 0) is 30.7 Å². The monoisotopic (exact) mass is 499 g/mol. The molecule has 0 aliphatic rings. The zero-order valence-corrected chi connectivity index (χ0v) is 18.8. The van der Waals surface area contributed by atoms with Gasteiger partial charge in [-0.2, -0.15) is 4.98 Å². The van der Waals surface area contributed by atoms with Crippen molar-refractivity contribution in [2.24, 2.45) is 17.4 Å². The van der Waals surface area contributed by atoms with Crippen molar-refractivity contribution in [3.8, 4) is 0 Å². The van der Waals surface area contributed by atoms with E-state index in [-0.39, 0.29) is 35.8 Å². The molecular weight excluding hydrogens is 474 g/mol. The first kappa shape index (κ1) is 26.0. The Bertz CT molecular complexity index is 1330. The number of aromatic amines is 1. The van der Waals surface area contributed by atoms with Crippen molar-refractivity contribution in [2.75, 3.05) is 17.6 Å². The quantitative estimate of drug-likeness (QED) is 0.149. The van der Waals surface area contributed by atoms with Crippen LogP contribution in [0.5, 0.6) is 0 Å². The number of aromatic nitrogens is 4. The van der Waals surface area contributed by atoms with Crippen LogP contribution in [-0.4, -0.2) is 66.6 Å². The topological polar surface area (TPSA) is 265 Å². The molecule has 2 aromatic heterocycles. The molecule has 11 N–H and O–H groups in total. The molecule has 0 radical (unpaired) electrons. The van der Waals surface area contributed by atoms with Gasteiger partial charge in [-0.25, -0.2) is 14.8 Å². The molecule has 190 valence electrons. The highest BCUT2D eigenvalue weighted by Gasteiger charge is 2.32. The largest absolute Gasteiger partial charge is 0.481 e. The Labute approximate surface area is 203 Å². The van der Waals surface area contributed by atoms with E-state index in [2.05, 4.69) is 30.6 Å². The maximum atomic E-state index is 12.6. The number of benzene rings is 1. The molecule has 1 amide bonds. The van der Waals surface area contributed by atoms with E-state index in [9.17, 15) is 29.4 Å². The molecule has 2 heterocycles. The molecule has 1 aromatic carbocycles. The van der Waals surface area contributed by atoms with Crippen LogP contribution in [0.2, 0.25) is 0 Å². The SMILES string of the molecule is NCC(N)C(CC(NC(=O)c1ccc(NCc2cnc3nc(N)[nH]c(=O)c3n2)cc1)C(=O)O)C(=O)O. The average Bonchev–Trinajstić information content (AvgIpc) is 2.84. The summed E-state index contributed by atoms with van der Waals surface area (Å²) in [6.07, 6.45) is 1.02. The molecular formula is C21H25N9O6. The van der Waals surface area contributed by atoms with E-state index in [1.807, 2.05) is 0 Å². The molecule has 3 aromatic rings. The lowest BCUT2D eigenvalue weighted by Crippen LogP contribution is -2.48. The molecule has 3 atom stereocenters. The van der Waals surface area contributed by atoms with Crippen molar-refractivity contribution in [2.45, 2.75) is 25.0 Å². The van der Waals surface area contributed by atoms with Gasteiger partial charge in [-0.1, -0.05) is 0 Å². The lowest BCUT2D eigenvalue weighted by Gasteiger charge is -2.23. The Morgan fingerprint density at radius 2 is 1.78 bits per heavy atom. The number of H-pyrrole nitrogens is 1. The number of nitrogen functional groups attached to an aromatic ring is 1. The molecule has 0 aliphatic heterocycles. The number of anilines is 2. The number of carboxylic acid groups (broad SMARTS) is 2. The Morgan fingerprint density at radius 1 is 1.08 bits per heavy atom. The van der Waals surface area contributed by atoms with Crippen LogP contribution in [0.1, 0.15) is 22.5 Å². The first-order valence-corrected chi connectivity index (χ1v) is 10.7. The van der Waals surface area contributed by atoms with E-state index in [0.717, 1.165) is 0 Å². The molecule has 0 aliphatic carbocycles. The number of amides is 1. The van der Waals surface area contributed by atoms with Crippen LogP contribution in [0.25, 0.3) is 11.2 Å². The smallest absolute Gasteiger partial charge is 0.326 e. The van der Waals surface area contributed by atoms with Crippen molar-refractivity contribution in [1.82, 2.24) is 25.3 Å². The third-order valence-corrected chi connectivity index (χ3v) is 5.31. The summed E-state index contributed by atoms with van der Waals surface area (Å²) >= 11 is 0. The van der Waals surface area contributed by atoms with Gasteiger partial charge in [0.25, 0.3) is 11.5 Å². The van der Waals surface area contributed by atoms with Crippen LogP contribution >= 0.6 is 0 Å². The summed E-state index contributed by atoms with van der Waals surface area (Å²) in [5.41, 5.74) is 17.4. The molecule has 0 saturated heterocycles. The minimum Gasteiger partial charge on any atom is -0.481 e. The lowest BCUT2D eigenvalue weighted by atomic mass is 9.92. The number of aliphatic carboxylic acids is 2. The van der Waals surface area contributed by atoms with E-state index in [4.69, 9.17) is 17.2 Å². The van der Waals surface area contributed by atoms with Crippen molar-refractivity contribution >= 4 is 40.6 Å². The third kappa shape index (κ3) is 6.28. The number of fused-ring (bicyclic) bond motifs is 1. The summed E-state index contributed by atoms with van der Waals surface area (Å²) in [6.45, 7) is 0.0515. The number of hydrogen-bond donors (Lipinski definition) is 8. The molecule has 3 unspecified atom stereocenters. The van der Waals surface area contributed by atoms with E-state index >= 15 is 0 Å². The summed E-state index contributed by atoms with van der Waals surface area (Å²) in [5, 5.41) is 24.1. The first-order valence-electron chi connectivity index (χ1n) is 10.7. The second-order valence-corrected chi connectivity index (χ2v) is 7.86. The molecule has 0 fully saturated rings. The van der Waals surface area contributed by atoms with Crippen LogP contribution in [-0.2, 0) is 16.1 Å². The molecule has 15 heteroatoms. The summed E-state index contributed by atoms with van der Waals surface area (Å²) in [5.74, 6) is -4.71. The number of nitrogens with zero attached hydrogens (tertiary/aromatic N) is 3. The molecule has 0 spiro atoms. The number of rotatable bonds is 11. The summed E-state index contributed by atoms with van der Waals surface area (Å²) < 4.78 is 0. The maximum Gasteiger partial charge on any atom is 0.326 e. The fraction of sp³-hybridized carbons (Fsp3) is 0.286. The minimum atomic E-state index is -1.48. The summed E-state index contributed by atoms with van der Waals surface area (Å²) in [6, 6.07) is 3.64. The van der Waals surface area contributed by atoms with Gasteiger partial charge in [-0.3, -0.25) is 19.4 Å². The van der Waals surface area contributed by atoms with Crippen LogP contribution < -0.4 is 33.4 Å². The summed E-state index contributed by atoms with van der Waals surface area (Å²) in [7, 11) is 0. The molecule has 0 bridgehead atoms. The number of carboxylic acids is 2. The van der Waals surface area contributed by atoms with Gasteiger partial charge in [0, 0.05) is 23.8 Å². The van der Waals surface area contributed by atoms with Crippen LogP contribution in [0, 0.1) is 5.92 Å². The zero-order valence-electron chi connectivity index (χ0n) is 18.8. The minimum absolute atomic E-state index is 0.0426. The van der Waals surface area contributed by atoms with Gasteiger partial charge < -0.3 is 38.0 Å². The van der Waals surface area contributed by atoms with E-state index in [1.54, 1.807) is 12.1 Å². The van der Waals surface area contributed by atoms with E-state index < -0.39 is 47.8 Å². The third-order valence-electron chi connectivity index (χ3n) is 5.31. The zero-order chi connectivity index (χ0) is 26.4. The van der Waals surface area contributed by atoms with Crippen LogP contribution in [0.4, 0.5) is 11.6 Å². The molecule has 0 saturated carbocycles. The number of hydrogen-bond acceptors (Lipinski definition) is 11. The van der Waals surface area contributed by atoms with Gasteiger partial charge in [0.2, 0.25) is 5.95 Å².